The van der Waals surface area contributed by atoms with Crippen LogP contribution in [-0.2, 0) is 0 Å². The molecule has 0 spiro atoms. The Kier molecular flexibility index (Phi) is 4.08. The molecule has 0 aliphatic heterocycles. The number of carbonyl (C=O) groups excluding carboxylic acids is 1. The number of amides is 1. The molecule has 0 heterocycles. The Morgan fingerprint density at radius 1 is 1.10 bits per heavy atom. The van der Waals surface area contributed by atoms with Gasteiger partial charge in [-0.2, -0.15) is 0 Å². The molecule has 2 aromatic rings. The Labute approximate surface area is 119 Å². The van der Waals surface area contributed by atoms with Gasteiger partial charge in [-0.25, -0.2) is 0 Å². The first kappa shape index (κ1) is 14.1. The van der Waals surface area contributed by atoms with Gasteiger partial charge < -0.3 is 10.4 Å². The van der Waals surface area contributed by atoms with Gasteiger partial charge in [-0.1, -0.05) is 38.1 Å². The number of hydrogen-bond acceptors (Lipinski definition) is 2. The quantitative estimate of drug-likeness (QED) is 0.882. The van der Waals surface area contributed by atoms with E-state index >= 15 is 0 Å². The van der Waals surface area contributed by atoms with E-state index in [-0.39, 0.29) is 11.7 Å². The highest BCUT2D eigenvalue weighted by molar-refractivity contribution is 6.07. The van der Waals surface area contributed by atoms with Crippen molar-refractivity contribution in [1.29, 1.82) is 0 Å². The number of rotatable bonds is 3. The van der Waals surface area contributed by atoms with Crippen LogP contribution in [-0.4, -0.2) is 11.0 Å². The first-order valence-corrected chi connectivity index (χ1v) is 6.69. The third-order valence-corrected chi connectivity index (χ3v) is 3.31. The smallest absolute Gasteiger partial charge is 0.259 e. The van der Waals surface area contributed by atoms with Crippen molar-refractivity contribution in [3.63, 3.8) is 0 Å². The number of phenols is 1. The Bertz CT molecular complexity index is 595. The van der Waals surface area contributed by atoms with Gasteiger partial charge in [0.25, 0.3) is 5.91 Å². The van der Waals surface area contributed by atoms with E-state index in [1.54, 1.807) is 19.1 Å². The van der Waals surface area contributed by atoms with E-state index in [0.717, 1.165) is 11.3 Å². The molecule has 3 heteroatoms. The first-order valence-electron chi connectivity index (χ1n) is 6.69. The van der Waals surface area contributed by atoms with Crippen LogP contribution in [0.3, 0.4) is 0 Å². The van der Waals surface area contributed by atoms with Crippen molar-refractivity contribution in [3.8, 4) is 5.75 Å². The number of aromatic hydroxyl groups is 1. The number of anilines is 1. The molecule has 2 aromatic carbocycles. The molecule has 0 atom stereocenters. The molecule has 0 aliphatic rings. The van der Waals surface area contributed by atoms with Gasteiger partial charge in [-0.15, -0.1) is 0 Å². The van der Waals surface area contributed by atoms with Gasteiger partial charge in [-0.05, 0) is 42.2 Å². The second-order valence-electron chi connectivity index (χ2n) is 5.20. The van der Waals surface area contributed by atoms with Crippen LogP contribution in [0.4, 0.5) is 5.69 Å². The predicted octanol–water partition coefficient (Wildman–Crippen LogP) is 4.08. The fourth-order valence-corrected chi connectivity index (χ4v) is 2.09. The molecular formula is C17H19NO2. The van der Waals surface area contributed by atoms with Crippen LogP contribution >= 0.6 is 0 Å². The number of aryl methyl sites for hydroxylation is 1. The highest BCUT2D eigenvalue weighted by Gasteiger charge is 2.13. The lowest BCUT2D eigenvalue weighted by Gasteiger charge is -2.10. The van der Waals surface area contributed by atoms with E-state index < -0.39 is 0 Å². The molecule has 2 N–H and O–H groups in total. The highest BCUT2D eigenvalue weighted by atomic mass is 16.3. The molecule has 20 heavy (non-hydrogen) atoms. The molecule has 0 aromatic heterocycles. The van der Waals surface area contributed by atoms with E-state index in [2.05, 4.69) is 19.2 Å². The SMILES string of the molecule is Cc1cccc(O)c1C(=O)Nc1ccc(C(C)C)cc1. The van der Waals surface area contributed by atoms with E-state index in [9.17, 15) is 9.90 Å². The molecule has 0 saturated heterocycles. The van der Waals surface area contributed by atoms with Crippen molar-refractivity contribution in [3.05, 3.63) is 59.2 Å². The van der Waals surface area contributed by atoms with E-state index in [1.165, 1.54) is 11.6 Å². The Balaban J connectivity index is 2.19. The average molecular weight is 269 g/mol. The van der Waals surface area contributed by atoms with Crippen LogP contribution in [0.25, 0.3) is 0 Å². The molecule has 0 unspecified atom stereocenters. The fourth-order valence-electron chi connectivity index (χ4n) is 2.09. The maximum absolute atomic E-state index is 12.2. The summed E-state index contributed by atoms with van der Waals surface area (Å²) in [5.41, 5.74) is 3.02. The van der Waals surface area contributed by atoms with Crippen LogP contribution < -0.4 is 5.32 Å². The van der Waals surface area contributed by atoms with Gasteiger partial charge in [0.05, 0.1) is 5.56 Å². The summed E-state index contributed by atoms with van der Waals surface area (Å²) < 4.78 is 0. The van der Waals surface area contributed by atoms with Crippen molar-refractivity contribution in [2.45, 2.75) is 26.7 Å². The predicted molar refractivity (Wildman–Crippen MR) is 81.3 cm³/mol. The summed E-state index contributed by atoms with van der Waals surface area (Å²) in [7, 11) is 0. The maximum Gasteiger partial charge on any atom is 0.259 e. The van der Waals surface area contributed by atoms with Crippen LogP contribution in [0, 0.1) is 6.92 Å². The van der Waals surface area contributed by atoms with Gasteiger partial charge in [0.1, 0.15) is 5.75 Å². The molecule has 0 bridgehead atoms. The van der Waals surface area contributed by atoms with Crippen molar-refractivity contribution >= 4 is 11.6 Å². The lowest BCUT2D eigenvalue weighted by Crippen LogP contribution is -2.13. The summed E-state index contributed by atoms with van der Waals surface area (Å²) >= 11 is 0. The van der Waals surface area contributed by atoms with Crippen LogP contribution in [0.1, 0.15) is 41.3 Å². The Morgan fingerprint density at radius 2 is 1.75 bits per heavy atom. The summed E-state index contributed by atoms with van der Waals surface area (Å²) in [4.78, 5) is 12.2. The number of benzene rings is 2. The summed E-state index contributed by atoms with van der Waals surface area (Å²) in [6.45, 7) is 6.05. The van der Waals surface area contributed by atoms with Crippen molar-refractivity contribution in [2.24, 2.45) is 0 Å². The summed E-state index contributed by atoms with van der Waals surface area (Å²) in [5, 5.41) is 12.6. The number of carbonyl (C=O) groups is 1. The van der Waals surface area contributed by atoms with Crippen molar-refractivity contribution < 1.29 is 9.90 Å². The van der Waals surface area contributed by atoms with Gasteiger partial charge >= 0.3 is 0 Å². The highest BCUT2D eigenvalue weighted by Crippen LogP contribution is 2.22. The monoisotopic (exact) mass is 269 g/mol. The lowest BCUT2D eigenvalue weighted by atomic mass is 10.0. The Hall–Kier alpha value is -2.29. The normalized spacial score (nSPS) is 10.6. The summed E-state index contributed by atoms with van der Waals surface area (Å²) in [6, 6.07) is 12.8. The van der Waals surface area contributed by atoms with Crippen molar-refractivity contribution in [1.82, 2.24) is 0 Å². The van der Waals surface area contributed by atoms with Crippen molar-refractivity contribution in [2.75, 3.05) is 5.32 Å². The second-order valence-corrected chi connectivity index (χ2v) is 5.20. The maximum atomic E-state index is 12.2. The van der Waals surface area contributed by atoms with Gasteiger partial charge in [0.15, 0.2) is 0 Å². The lowest BCUT2D eigenvalue weighted by molar-refractivity contribution is 0.102. The number of nitrogens with one attached hydrogen (secondary N) is 1. The minimum Gasteiger partial charge on any atom is -0.507 e. The van der Waals surface area contributed by atoms with Gasteiger partial charge in [0.2, 0.25) is 0 Å². The molecule has 0 saturated carbocycles. The zero-order valence-electron chi connectivity index (χ0n) is 12.0. The van der Waals surface area contributed by atoms with E-state index in [4.69, 9.17) is 0 Å². The molecule has 0 aliphatic carbocycles. The van der Waals surface area contributed by atoms with Gasteiger partial charge in [-0.3, -0.25) is 4.79 Å². The zero-order valence-corrected chi connectivity index (χ0v) is 12.0. The minimum absolute atomic E-state index is 0.00120. The molecule has 2 rings (SSSR count). The second kappa shape index (κ2) is 5.78. The molecule has 0 radical (unpaired) electrons. The fraction of sp³-hybridized carbons (Fsp3) is 0.235. The minimum atomic E-state index is -0.294. The molecule has 0 fully saturated rings. The standard InChI is InChI=1S/C17H19NO2/c1-11(2)13-7-9-14(10-8-13)18-17(20)16-12(3)5-4-6-15(16)19/h4-11,19H,1-3H3,(H,18,20). The van der Waals surface area contributed by atoms with E-state index in [1.807, 2.05) is 24.3 Å². The van der Waals surface area contributed by atoms with Crippen LogP contribution in [0.15, 0.2) is 42.5 Å². The molecular weight excluding hydrogens is 250 g/mol. The molecule has 104 valence electrons. The topological polar surface area (TPSA) is 49.3 Å². The summed E-state index contributed by atoms with van der Waals surface area (Å²) in [6.07, 6.45) is 0. The zero-order chi connectivity index (χ0) is 14.7. The first-order chi connectivity index (χ1) is 9.49. The third-order valence-electron chi connectivity index (χ3n) is 3.31. The van der Waals surface area contributed by atoms with Crippen LogP contribution in [0.5, 0.6) is 5.75 Å². The number of hydrogen-bond donors (Lipinski definition) is 2. The Morgan fingerprint density at radius 3 is 2.30 bits per heavy atom. The van der Waals surface area contributed by atoms with Gasteiger partial charge in [0, 0.05) is 5.69 Å². The van der Waals surface area contributed by atoms with Crippen LogP contribution in [0.2, 0.25) is 0 Å². The third kappa shape index (κ3) is 2.99. The largest absolute Gasteiger partial charge is 0.507 e. The average Bonchev–Trinajstić information content (AvgIpc) is 2.39. The number of phenolic OH excluding ortho intramolecular Hbond substituents is 1. The molecule has 1 amide bonds. The van der Waals surface area contributed by atoms with E-state index in [0.29, 0.717) is 11.5 Å². The molecule has 3 nitrogen and oxygen atoms in total. The summed E-state index contributed by atoms with van der Waals surface area (Å²) in [5.74, 6) is 0.166.